The minimum absolute atomic E-state index is 0.0325. The summed E-state index contributed by atoms with van der Waals surface area (Å²) in [5.74, 6) is 0. The largest absolute Gasteiger partial charge is 0.376 e. The van der Waals surface area contributed by atoms with Gasteiger partial charge in [-0.25, -0.2) is 4.98 Å². The molecule has 0 spiro atoms. The van der Waals surface area contributed by atoms with Crippen LogP contribution in [-0.4, -0.2) is 16.4 Å². The number of fused-ring (bicyclic) bond motifs is 16. The summed E-state index contributed by atoms with van der Waals surface area (Å²) >= 11 is 3.83. The van der Waals surface area contributed by atoms with E-state index >= 15 is 0 Å². The quantitative estimate of drug-likeness (QED) is 0.161. The van der Waals surface area contributed by atoms with Crippen LogP contribution in [0.5, 0.6) is 0 Å². The Kier molecular flexibility index (Phi) is 8.31. The molecule has 0 saturated heterocycles. The Balaban J connectivity index is 1.22. The second-order valence-electron chi connectivity index (χ2n) is 24.8. The lowest BCUT2D eigenvalue weighted by Crippen LogP contribution is -2.60. The van der Waals surface area contributed by atoms with Gasteiger partial charge in [-0.05, 0) is 152 Å². The van der Waals surface area contributed by atoms with E-state index < -0.39 is 0 Å². The van der Waals surface area contributed by atoms with Crippen LogP contribution in [0.2, 0.25) is 0 Å². The number of thiophene rings is 1. The van der Waals surface area contributed by atoms with E-state index in [9.17, 15) is 0 Å². The first kappa shape index (κ1) is 42.2. The van der Waals surface area contributed by atoms with E-state index in [0.717, 1.165) is 16.9 Å². The Morgan fingerprint density at radius 2 is 1.20 bits per heavy atom. The minimum Gasteiger partial charge on any atom is -0.376 e. The Morgan fingerprint density at radius 1 is 0.580 bits per heavy atom. The minimum atomic E-state index is -0.114. The molecule has 0 N–H and O–H groups in total. The molecule has 0 unspecified atom stereocenters. The molecule has 0 saturated carbocycles. The lowest BCUT2D eigenvalue weighted by molar-refractivity contribution is 0.332. The van der Waals surface area contributed by atoms with E-state index in [0.29, 0.717) is 0 Å². The molecule has 0 bridgehead atoms. The summed E-state index contributed by atoms with van der Waals surface area (Å²) in [4.78, 5) is 8.27. The zero-order valence-electron chi connectivity index (χ0n) is 42.0. The SMILES string of the molecule is CC(C)(C)c1ccc(N2B3c4cc5nc(-c6ccccc6)sc5cc4-n4c5cc6c(cc5c5c7sc8ccccc8c7c(c3c54)-c3cc4c(cc32)C(C)(C)CCC4(C)C)C(C)(C)CCC6(C)C)cc1. The summed E-state index contributed by atoms with van der Waals surface area (Å²) in [6, 6.07) is 45.4. The molecule has 0 atom stereocenters. The Hall–Kier alpha value is -5.69. The number of aromatic nitrogens is 2. The van der Waals surface area contributed by atoms with E-state index in [1.54, 1.807) is 0 Å². The first-order chi connectivity index (χ1) is 32.8. The van der Waals surface area contributed by atoms with Crippen LogP contribution in [0.15, 0.2) is 115 Å². The normalized spacial score (nSPS) is 18.2. The molecule has 3 aromatic heterocycles. The van der Waals surface area contributed by atoms with Gasteiger partial charge in [-0.1, -0.05) is 137 Å². The molecule has 69 heavy (non-hydrogen) atoms. The number of benzene rings is 7. The number of thiazole rings is 1. The smallest absolute Gasteiger partial charge is 0.333 e. The Labute approximate surface area is 415 Å². The maximum absolute atomic E-state index is 5.50. The van der Waals surface area contributed by atoms with Crippen molar-refractivity contribution in [1.29, 1.82) is 0 Å². The molecule has 7 aromatic carbocycles. The second kappa shape index (κ2) is 13.6. The molecule has 2 aliphatic heterocycles. The molecular weight excluding hydrogens is 874 g/mol. The fraction of sp³-hybridized carbons (Fsp3) is 0.317. The van der Waals surface area contributed by atoms with Gasteiger partial charge in [0.2, 0.25) is 0 Å². The van der Waals surface area contributed by atoms with Crippen LogP contribution in [0.3, 0.4) is 0 Å². The summed E-state index contributed by atoms with van der Waals surface area (Å²) in [6.45, 7) is 26.8. The molecule has 342 valence electrons. The van der Waals surface area contributed by atoms with Gasteiger partial charge in [-0.2, -0.15) is 0 Å². The van der Waals surface area contributed by atoms with E-state index in [1.807, 2.05) is 22.7 Å². The van der Waals surface area contributed by atoms with E-state index in [4.69, 9.17) is 4.98 Å². The highest BCUT2D eigenvalue weighted by Gasteiger charge is 2.49. The highest BCUT2D eigenvalue weighted by Crippen LogP contribution is 2.57. The molecule has 0 fully saturated rings. The van der Waals surface area contributed by atoms with Gasteiger partial charge < -0.3 is 9.38 Å². The lowest BCUT2D eigenvalue weighted by atomic mass is 9.43. The zero-order chi connectivity index (χ0) is 47.5. The van der Waals surface area contributed by atoms with Gasteiger partial charge in [-0.3, -0.25) is 0 Å². The lowest BCUT2D eigenvalue weighted by Gasteiger charge is -2.46. The van der Waals surface area contributed by atoms with E-state index in [2.05, 4.69) is 201 Å². The van der Waals surface area contributed by atoms with E-state index in [1.165, 1.54) is 138 Å². The van der Waals surface area contributed by atoms with Gasteiger partial charge in [0.1, 0.15) is 5.01 Å². The monoisotopic (exact) mass is 933 g/mol. The van der Waals surface area contributed by atoms with Crippen molar-refractivity contribution in [3.8, 4) is 27.4 Å². The summed E-state index contributed by atoms with van der Waals surface area (Å²) < 4.78 is 6.75. The topological polar surface area (TPSA) is 21.1 Å². The third-order valence-electron chi connectivity index (χ3n) is 17.7. The summed E-state index contributed by atoms with van der Waals surface area (Å²) in [6.07, 6.45) is 4.69. The maximum Gasteiger partial charge on any atom is 0.333 e. The molecule has 6 heteroatoms. The van der Waals surface area contributed by atoms with Crippen molar-refractivity contribution in [2.24, 2.45) is 0 Å². The third kappa shape index (κ3) is 5.71. The summed E-state index contributed by atoms with van der Waals surface area (Å²) in [5, 5.41) is 6.65. The molecule has 2 aliphatic carbocycles. The van der Waals surface area contributed by atoms with Crippen LogP contribution in [0.4, 0.5) is 11.4 Å². The Bertz CT molecular complexity index is 3890. The van der Waals surface area contributed by atoms with Crippen LogP contribution >= 0.6 is 22.7 Å². The fourth-order valence-electron chi connectivity index (χ4n) is 13.4. The zero-order valence-corrected chi connectivity index (χ0v) is 43.7. The highest BCUT2D eigenvalue weighted by atomic mass is 32.1. The van der Waals surface area contributed by atoms with Gasteiger partial charge in [0.25, 0.3) is 0 Å². The van der Waals surface area contributed by atoms with Crippen molar-refractivity contribution >= 4 is 104 Å². The van der Waals surface area contributed by atoms with Gasteiger partial charge in [0.15, 0.2) is 0 Å². The van der Waals surface area contributed by atoms with Crippen molar-refractivity contribution in [2.75, 3.05) is 4.81 Å². The van der Waals surface area contributed by atoms with Crippen molar-refractivity contribution < 1.29 is 0 Å². The molecule has 5 heterocycles. The standard InChI is InChI=1S/C63H60BN3S2/c1-59(2,3)36-21-23-37(24-22-36)67-48-32-44-42(61(6,7)26-28-63(44,10)11)30-40(48)52-53-38-19-15-16-20-50(38)68-57(53)54-39-29-41-43(62(8,9)27-25-60(41,4)5)31-47(39)66-49-34-51-46(33-45(49)64(67)55(52)56(54)66)65-58(69-51)35-17-13-12-14-18-35/h12-24,29-34H,25-28H2,1-11H3. The number of anilines is 2. The Morgan fingerprint density at radius 3 is 1.88 bits per heavy atom. The molecule has 10 aromatic rings. The molecule has 3 nitrogen and oxygen atoms in total. The maximum atomic E-state index is 5.50. The average Bonchev–Trinajstić information content (AvgIpc) is 4.02. The number of hydrogen-bond acceptors (Lipinski definition) is 4. The predicted octanol–water partition coefficient (Wildman–Crippen LogP) is 16.7. The van der Waals surface area contributed by atoms with Crippen LogP contribution in [-0.2, 0) is 27.1 Å². The van der Waals surface area contributed by atoms with Gasteiger partial charge >= 0.3 is 6.85 Å². The van der Waals surface area contributed by atoms with Crippen molar-refractivity contribution in [3.63, 3.8) is 0 Å². The van der Waals surface area contributed by atoms with Crippen LogP contribution in [0.1, 0.15) is 130 Å². The van der Waals surface area contributed by atoms with Gasteiger partial charge in [-0.15, -0.1) is 22.7 Å². The van der Waals surface area contributed by atoms with Gasteiger partial charge in [0, 0.05) is 59.1 Å². The van der Waals surface area contributed by atoms with Crippen LogP contribution in [0.25, 0.3) is 79.6 Å². The fourth-order valence-corrected chi connectivity index (χ4v) is 15.7. The number of rotatable bonds is 2. The number of hydrogen-bond donors (Lipinski definition) is 0. The number of nitrogens with zero attached hydrogens (tertiary/aromatic N) is 3. The van der Waals surface area contributed by atoms with E-state index in [-0.39, 0.29) is 33.9 Å². The summed E-state index contributed by atoms with van der Waals surface area (Å²) in [7, 11) is 0. The molecule has 0 amide bonds. The molecule has 0 radical (unpaired) electrons. The highest BCUT2D eigenvalue weighted by molar-refractivity contribution is 7.27. The third-order valence-corrected chi connectivity index (χ3v) is 19.9. The average molecular weight is 934 g/mol. The second-order valence-corrected chi connectivity index (χ2v) is 26.9. The molecule has 14 rings (SSSR count). The van der Waals surface area contributed by atoms with Gasteiger partial charge in [0.05, 0.1) is 21.3 Å². The van der Waals surface area contributed by atoms with Crippen molar-refractivity contribution in [1.82, 2.24) is 9.55 Å². The van der Waals surface area contributed by atoms with Crippen LogP contribution in [0, 0.1) is 0 Å². The van der Waals surface area contributed by atoms with Crippen molar-refractivity contribution in [2.45, 2.75) is 129 Å². The first-order valence-corrected chi connectivity index (χ1v) is 27.0. The molecule has 4 aliphatic rings. The first-order valence-electron chi connectivity index (χ1n) is 25.4. The van der Waals surface area contributed by atoms with Crippen molar-refractivity contribution in [3.05, 3.63) is 143 Å². The van der Waals surface area contributed by atoms with Crippen LogP contribution < -0.4 is 15.7 Å². The molecular formula is C63H60BN3S2. The predicted molar refractivity (Wildman–Crippen MR) is 301 cm³/mol. The summed E-state index contributed by atoms with van der Waals surface area (Å²) in [5.41, 5.74) is 21.9.